The summed E-state index contributed by atoms with van der Waals surface area (Å²) in [4.78, 5) is 2.36. The van der Waals surface area contributed by atoms with Crippen molar-refractivity contribution in [2.75, 3.05) is 19.6 Å². The summed E-state index contributed by atoms with van der Waals surface area (Å²) in [5, 5.41) is 11.5. The van der Waals surface area contributed by atoms with Crippen molar-refractivity contribution in [2.45, 2.75) is 31.8 Å². The van der Waals surface area contributed by atoms with Crippen molar-refractivity contribution in [2.24, 2.45) is 0 Å². The van der Waals surface area contributed by atoms with Gasteiger partial charge in [-0.1, -0.05) is 6.92 Å². The van der Waals surface area contributed by atoms with Crippen LogP contribution in [-0.2, 0) is 5.60 Å². The van der Waals surface area contributed by atoms with Crippen molar-refractivity contribution in [1.29, 1.82) is 0 Å². The zero-order valence-electron chi connectivity index (χ0n) is 11.7. The lowest BCUT2D eigenvalue weighted by molar-refractivity contribution is -0.0409. The monoisotopic (exact) mass is 277 g/mol. The first-order valence-electron chi connectivity index (χ1n) is 7.25. The normalized spacial score (nSPS) is 19.6. The van der Waals surface area contributed by atoms with E-state index in [0.717, 1.165) is 26.1 Å². The average molecular weight is 277 g/mol. The molecule has 1 N–H and O–H groups in total. The molecule has 2 heterocycles. The van der Waals surface area contributed by atoms with Gasteiger partial charge in [0.1, 0.15) is 22.8 Å². The van der Waals surface area contributed by atoms with Gasteiger partial charge < -0.3 is 14.4 Å². The molecule has 0 saturated carbocycles. The van der Waals surface area contributed by atoms with E-state index < -0.39 is 5.60 Å². The van der Waals surface area contributed by atoms with Crippen LogP contribution in [0.2, 0.25) is 0 Å². The molecule has 3 rings (SSSR count). The lowest BCUT2D eigenvalue weighted by Gasteiger charge is -2.36. The van der Waals surface area contributed by atoms with Gasteiger partial charge in [-0.3, -0.25) is 0 Å². The Balaban J connectivity index is 1.83. The van der Waals surface area contributed by atoms with Crippen molar-refractivity contribution in [3.63, 3.8) is 0 Å². The van der Waals surface area contributed by atoms with Crippen LogP contribution in [0.15, 0.2) is 28.7 Å². The molecule has 0 aliphatic carbocycles. The van der Waals surface area contributed by atoms with Gasteiger partial charge in [0, 0.05) is 18.5 Å². The minimum absolute atomic E-state index is 0.283. The van der Waals surface area contributed by atoms with Gasteiger partial charge in [0.2, 0.25) is 0 Å². The van der Waals surface area contributed by atoms with Crippen LogP contribution in [0.5, 0.6) is 0 Å². The minimum Gasteiger partial charge on any atom is -0.458 e. The third kappa shape index (κ3) is 2.45. The van der Waals surface area contributed by atoms with Crippen molar-refractivity contribution in [3.8, 4) is 0 Å². The smallest absolute Gasteiger partial charge is 0.136 e. The molecule has 1 aromatic heterocycles. The Morgan fingerprint density at radius 3 is 2.75 bits per heavy atom. The first-order valence-corrected chi connectivity index (χ1v) is 7.25. The summed E-state index contributed by atoms with van der Waals surface area (Å²) in [6.45, 7) is 4.97. The summed E-state index contributed by atoms with van der Waals surface area (Å²) in [6, 6.07) is 6.21. The van der Waals surface area contributed by atoms with Crippen molar-refractivity contribution in [3.05, 3.63) is 35.8 Å². The highest BCUT2D eigenvalue weighted by Crippen LogP contribution is 2.36. The third-order valence-electron chi connectivity index (χ3n) is 4.16. The van der Waals surface area contributed by atoms with Gasteiger partial charge >= 0.3 is 0 Å². The zero-order valence-corrected chi connectivity index (χ0v) is 11.7. The summed E-state index contributed by atoms with van der Waals surface area (Å²) in [5.41, 5.74) is -0.287. The van der Waals surface area contributed by atoms with Gasteiger partial charge in [-0.25, -0.2) is 4.39 Å². The minimum atomic E-state index is -0.917. The number of likely N-dealkylation sites (tertiary alicyclic amines) is 1. The van der Waals surface area contributed by atoms with Crippen molar-refractivity contribution < 1.29 is 13.9 Å². The van der Waals surface area contributed by atoms with E-state index in [-0.39, 0.29) is 5.82 Å². The van der Waals surface area contributed by atoms with Gasteiger partial charge in [-0.15, -0.1) is 0 Å². The number of fused-ring (bicyclic) bond motifs is 1. The lowest BCUT2D eigenvalue weighted by atomic mass is 9.89. The molecule has 0 spiro atoms. The SMILES string of the molecule is CCCN1CCC(O)(c2cc3cc(F)ccc3o2)CC1. The summed E-state index contributed by atoms with van der Waals surface area (Å²) >= 11 is 0. The van der Waals surface area contributed by atoms with E-state index in [0.29, 0.717) is 29.6 Å². The standard InChI is InChI=1S/C16H20FNO2/c1-2-7-18-8-5-16(19,6-9-18)15-11-12-10-13(17)3-4-14(12)20-15/h3-4,10-11,19H,2,5-9H2,1H3. The molecule has 3 nitrogen and oxygen atoms in total. The van der Waals surface area contributed by atoms with Crippen LogP contribution in [0.3, 0.4) is 0 Å². The van der Waals surface area contributed by atoms with Crippen LogP contribution in [0.25, 0.3) is 11.0 Å². The van der Waals surface area contributed by atoms with E-state index in [1.165, 1.54) is 12.1 Å². The topological polar surface area (TPSA) is 36.6 Å². The second kappa shape index (κ2) is 5.19. The summed E-state index contributed by atoms with van der Waals surface area (Å²) in [7, 11) is 0. The van der Waals surface area contributed by atoms with E-state index in [4.69, 9.17) is 4.42 Å². The molecule has 4 heteroatoms. The van der Waals surface area contributed by atoms with E-state index >= 15 is 0 Å². The number of benzene rings is 1. The molecule has 1 aliphatic heterocycles. The van der Waals surface area contributed by atoms with E-state index in [9.17, 15) is 9.50 Å². The average Bonchev–Trinajstić information content (AvgIpc) is 2.85. The maximum atomic E-state index is 13.2. The zero-order chi connectivity index (χ0) is 14.2. The molecule has 0 amide bonds. The number of rotatable bonds is 3. The molecule has 1 saturated heterocycles. The number of aliphatic hydroxyl groups is 1. The number of hydrogen-bond acceptors (Lipinski definition) is 3. The summed E-state index contributed by atoms with van der Waals surface area (Å²) in [5.74, 6) is 0.281. The van der Waals surface area contributed by atoms with Crippen LogP contribution < -0.4 is 0 Å². The molecule has 20 heavy (non-hydrogen) atoms. The van der Waals surface area contributed by atoms with Gasteiger partial charge in [0.25, 0.3) is 0 Å². The molecule has 1 aromatic carbocycles. The molecule has 108 valence electrons. The fourth-order valence-electron chi connectivity index (χ4n) is 2.95. The van der Waals surface area contributed by atoms with Gasteiger partial charge in [-0.05, 0) is 50.1 Å². The quantitative estimate of drug-likeness (QED) is 0.935. The fraction of sp³-hybridized carbons (Fsp3) is 0.500. The molecule has 0 radical (unpaired) electrons. The second-order valence-corrected chi connectivity index (χ2v) is 5.67. The highest BCUT2D eigenvalue weighted by molar-refractivity contribution is 5.78. The van der Waals surface area contributed by atoms with Gasteiger partial charge in [0.15, 0.2) is 0 Å². The van der Waals surface area contributed by atoms with E-state index in [2.05, 4.69) is 11.8 Å². The van der Waals surface area contributed by atoms with Crippen molar-refractivity contribution in [1.82, 2.24) is 4.90 Å². The highest BCUT2D eigenvalue weighted by atomic mass is 19.1. The molecule has 0 unspecified atom stereocenters. The Bertz CT molecular complexity index is 600. The second-order valence-electron chi connectivity index (χ2n) is 5.67. The molecule has 1 aliphatic rings. The van der Waals surface area contributed by atoms with Crippen LogP contribution in [0.4, 0.5) is 4.39 Å². The molecule has 1 fully saturated rings. The Labute approximate surface area is 118 Å². The van der Waals surface area contributed by atoms with E-state index in [1.807, 2.05) is 0 Å². The molecular formula is C16H20FNO2. The molecular weight excluding hydrogens is 257 g/mol. The fourth-order valence-corrected chi connectivity index (χ4v) is 2.95. The number of hydrogen-bond donors (Lipinski definition) is 1. The third-order valence-corrected chi connectivity index (χ3v) is 4.16. The van der Waals surface area contributed by atoms with Crippen LogP contribution >= 0.6 is 0 Å². The highest BCUT2D eigenvalue weighted by Gasteiger charge is 2.36. The predicted molar refractivity (Wildman–Crippen MR) is 76.0 cm³/mol. The van der Waals surface area contributed by atoms with Crippen molar-refractivity contribution >= 4 is 11.0 Å². The number of furan rings is 1. The predicted octanol–water partition coefficient (Wildman–Crippen LogP) is 3.27. The Hall–Kier alpha value is -1.39. The molecule has 2 aromatic rings. The molecule has 0 bridgehead atoms. The van der Waals surface area contributed by atoms with Gasteiger partial charge in [0.05, 0.1) is 0 Å². The molecule has 0 atom stereocenters. The number of piperidine rings is 1. The Kier molecular flexibility index (Phi) is 3.52. The van der Waals surface area contributed by atoms with E-state index in [1.54, 1.807) is 12.1 Å². The lowest BCUT2D eigenvalue weighted by Crippen LogP contribution is -2.42. The summed E-state index contributed by atoms with van der Waals surface area (Å²) in [6.07, 6.45) is 2.45. The summed E-state index contributed by atoms with van der Waals surface area (Å²) < 4.78 is 18.9. The van der Waals surface area contributed by atoms with Gasteiger partial charge in [-0.2, -0.15) is 0 Å². The number of halogens is 1. The number of nitrogens with zero attached hydrogens (tertiary/aromatic N) is 1. The van der Waals surface area contributed by atoms with Crippen LogP contribution in [0.1, 0.15) is 31.9 Å². The first kappa shape index (κ1) is 13.6. The van der Waals surface area contributed by atoms with Crippen LogP contribution in [-0.4, -0.2) is 29.6 Å². The maximum Gasteiger partial charge on any atom is 0.136 e. The van der Waals surface area contributed by atoms with Crippen LogP contribution in [0, 0.1) is 5.82 Å². The maximum absolute atomic E-state index is 13.2. The first-order chi connectivity index (χ1) is 9.60. The Morgan fingerprint density at radius 1 is 1.30 bits per heavy atom. The Morgan fingerprint density at radius 2 is 2.05 bits per heavy atom. The largest absolute Gasteiger partial charge is 0.458 e.